The molecule has 3 rings (SSSR count). The number of thioether (sulfide) groups is 1. The topological polar surface area (TPSA) is 60.5 Å². The van der Waals surface area contributed by atoms with E-state index < -0.39 is 0 Å². The summed E-state index contributed by atoms with van der Waals surface area (Å²) >= 11 is 3.25. The lowest BCUT2D eigenvalue weighted by atomic mass is 10.1. The summed E-state index contributed by atoms with van der Waals surface area (Å²) in [6, 6.07) is 16.0. The van der Waals surface area contributed by atoms with Gasteiger partial charge in [-0.15, -0.1) is 11.3 Å². The van der Waals surface area contributed by atoms with Gasteiger partial charge in [0.15, 0.2) is 5.13 Å². The molecule has 1 amide bonds. The quantitative estimate of drug-likeness (QED) is 0.433. The fourth-order valence-corrected chi connectivity index (χ4v) is 4.39. The molecule has 0 spiro atoms. The predicted octanol–water partition coefficient (Wildman–Crippen LogP) is 5.48. The minimum absolute atomic E-state index is 0.00657. The van der Waals surface area contributed by atoms with Crippen LogP contribution in [-0.4, -0.2) is 30.9 Å². The number of thiazole rings is 1. The molecule has 0 bridgehead atoms. The molecule has 0 unspecified atom stereocenters. The monoisotopic (exact) mass is 428 g/mol. The minimum atomic E-state index is -0.00657. The van der Waals surface area contributed by atoms with Crippen molar-refractivity contribution in [1.29, 1.82) is 0 Å². The lowest BCUT2D eigenvalue weighted by molar-refractivity contribution is -0.116. The summed E-state index contributed by atoms with van der Waals surface area (Å²) in [6.45, 7) is 0. The SMILES string of the molecule is COc1ccc(-c2csc(NC(=O)CCCSCc3ccccc3)n2)c(OC)c1. The Kier molecular flexibility index (Phi) is 7.95. The van der Waals surface area contributed by atoms with Crippen LogP contribution in [0.5, 0.6) is 11.5 Å². The van der Waals surface area contributed by atoms with Crippen LogP contribution in [0.2, 0.25) is 0 Å². The number of amides is 1. The van der Waals surface area contributed by atoms with Crippen LogP contribution in [0.3, 0.4) is 0 Å². The molecule has 2 aromatic carbocycles. The van der Waals surface area contributed by atoms with E-state index in [4.69, 9.17) is 9.47 Å². The zero-order chi connectivity index (χ0) is 20.5. The van der Waals surface area contributed by atoms with Crippen LogP contribution in [0.15, 0.2) is 53.9 Å². The summed E-state index contributed by atoms with van der Waals surface area (Å²) in [5, 5.41) is 5.40. The Bertz CT molecular complexity index is 929. The second-order valence-corrected chi connectivity index (χ2v) is 8.26. The molecule has 0 saturated heterocycles. The molecule has 1 N–H and O–H groups in total. The van der Waals surface area contributed by atoms with Gasteiger partial charge in [0, 0.05) is 29.2 Å². The summed E-state index contributed by atoms with van der Waals surface area (Å²) in [7, 11) is 3.23. The van der Waals surface area contributed by atoms with Crippen molar-refractivity contribution < 1.29 is 14.3 Å². The molecule has 29 heavy (non-hydrogen) atoms. The van der Waals surface area contributed by atoms with E-state index in [9.17, 15) is 4.79 Å². The van der Waals surface area contributed by atoms with Crippen molar-refractivity contribution in [3.8, 4) is 22.8 Å². The van der Waals surface area contributed by atoms with E-state index in [1.165, 1.54) is 16.9 Å². The minimum Gasteiger partial charge on any atom is -0.497 e. The van der Waals surface area contributed by atoms with Gasteiger partial charge in [0.05, 0.1) is 19.9 Å². The Hall–Kier alpha value is -2.51. The van der Waals surface area contributed by atoms with Gasteiger partial charge in [-0.1, -0.05) is 30.3 Å². The second kappa shape index (κ2) is 10.9. The molecule has 1 heterocycles. The van der Waals surface area contributed by atoms with E-state index in [0.29, 0.717) is 17.3 Å². The highest BCUT2D eigenvalue weighted by atomic mass is 32.2. The maximum atomic E-state index is 12.2. The molecule has 0 aliphatic rings. The molecule has 0 saturated carbocycles. The number of methoxy groups -OCH3 is 2. The van der Waals surface area contributed by atoms with E-state index >= 15 is 0 Å². The molecule has 0 radical (unpaired) electrons. The summed E-state index contributed by atoms with van der Waals surface area (Å²) in [5.74, 6) is 3.33. The predicted molar refractivity (Wildman–Crippen MR) is 121 cm³/mol. The Labute approximate surface area is 179 Å². The number of nitrogens with one attached hydrogen (secondary N) is 1. The van der Waals surface area contributed by atoms with Crippen LogP contribution in [0.25, 0.3) is 11.3 Å². The highest BCUT2D eigenvalue weighted by molar-refractivity contribution is 7.98. The molecular formula is C22H24N2O3S2. The number of hydrogen-bond donors (Lipinski definition) is 1. The third kappa shape index (κ3) is 6.24. The normalized spacial score (nSPS) is 10.6. The molecule has 0 fully saturated rings. The third-order valence-electron chi connectivity index (χ3n) is 4.24. The van der Waals surface area contributed by atoms with Crippen LogP contribution in [0, 0.1) is 0 Å². The Morgan fingerprint density at radius 3 is 2.72 bits per heavy atom. The number of rotatable bonds is 10. The number of nitrogens with zero attached hydrogens (tertiary/aromatic N) is 1. The number of carbonyl (C=O) groups excluding carboxylic acids is 1. The van der Waals surface area contributed by atoms with E-state index in [-0.39, 0.29) is 5.91 Å². The summed E-state index contributed by atoms with van der Waals surface area (Å²) in [5.41, 5.74) is 2.94. The molecule has 0 aliphatic heterocycles. The van der Waals surface area contributed by atoms with Crippen molar-refractivity contribution >= 4 is 34.1 Å². The van der Waals surface area contributed by atoms with Gasteiger partial charge in [0.1, 0.15) is 11.5 Å². The van der Waals surface area contributed by atoms with Gasteiger partial charge in [-0.25, -0.2) is 4.98 Å². The largest absolute Gasteiger partial charge is 0.497 e. The summed E-state index contributed by atoms with van der Waals surface area (Å²) in [4.78, 5) is 16.7. The fourth-order valence-electron chi connectivity index (χ4n) is 2.75. The lowest BCUT2D eigenvalue weighted by Gasteiger charge is -2.08. The zero-order valence-electron chi connectivity index (χ0n) is 16.5. The summed E-state index contributed by atoms with van der Waals surface area (Å²) < 4.78 is 10.7. The van der Waals surface area contributed by atoms with Crippen molar-refractivity contribution in [2.75, 3.05) is 25.3 Å². The van der Waals surface area contributed by atoms with E-state index in [2.05, 4.69) is 22.4 Å². The van der Waals surface area contributed by atoms with Crippen molar-refractivity contribution in [2.45, 2.75) is 18.6 Å². The number of hydrogen-bond acceptors (Lipinski definition) is 6. The Balaban J connectivity index is 1.46. The second-order valence-electron chi connectivity index (χ2n) is 6.29. The molecule has 3 aromatic rings. The number of benzene rings is 2. The summed E-state index contributed by atoms with van der Waals surface area (Å²) in [6.07, 6.45) is 1.33. The van der Waals surface area contributed by atoms with Gasteiger partial charge in [0.25, 0.3) is 0 Å². The van der Waals surface area contributed by atoms with Gasteiger partial charge in [0.2, 0.25) is 5.91 Å². The van der Waals surface area contributed by atoms with Crippen LogP contribution < -0.4 is 14.8 Å². The number of aromatic nitrogens is 1. The first-order valence-corrected chi connectivity index (χ1v) is 11.3. The van der Waals surface area contributed by atoms with Crippen LogP contribution in [-0.2, 0) is 10.5 Å². The molecule has 0 atom stereocenters. The van der Waals surface area contributed by atoms with Gasteiger partial charge >= 0.3 is 0 Å². The number of ether oxygens (including phenoxy) is 2. The first kappa shape index (κ1) is 21.2. The third-order valence-corrected chi connectivity index (χ3v) is 6.11. The Morgan fingerprint density at radius 2 is 1.97 bits per heavy atom. The first-order chi connectivity index (χ1) is 14.2. The van der Waals surface area contributed by atoms with Gasteiger partial charge in [-0.3, -0.25) is 4.79 Å². The van der Waals surface area contributed by atoms with Gasteiger partial charge in [-0.05, 0) is 29.9 Å². The maximum absolute atomic E-state index is 12.2. The number of anilines is 1. The molecule has 5 nitrogen and oxygen atoms in total. The fraction of sp³-hybridized carbons (Fsp3) is 0.273. The average molecular weight is 429 g/mol. The van der Waals surface area contributed by atoms with Crippen molar-refractivity contribution in [3.05, 3.63) is 59.5 Å². The molecular weight excluding hydrogens is 404 g/mol. The van der Waals surface area contributed by atoms with E-state index in [1.54, 1.807) is 14.2 Å². The average Bonchev–Trinajstić information content (AvgIpc) is 3.21. The van der Waals surface area contributed by atoms with Gasteiger partial charge < -0.3 is 14.8 Å². The van der Waals surface area contributed by atoms with Gasteiger partial charge in [-0.2, -0.15) is 11.8 Å². The standard InChI is InChI=1S/C22H24N2O3S2/c1-26-17-10-11-18(20(13-17)27-2)19-15-29-22(23-19)24-21(25)9-6-12-28-14-16-7-4-3-5-8-16/h3-5,7-8,10-11,13,15H,6,9,12,14H2,1-2H3,(H,23,24,25). The highest BCUT2D eigenvalue weighted by Crippen LogP contribution is 2.34. The zero-order valence-corrected chi connectivity index (χ0v) is 18.1. The molecule has 0 aliphatic carbocycles. The van der Waals surface area contributed by atoms with Crippen LogP contribution in [0.4, 0.5) is 5.13 Å². The maximum Gasteiger partial charge on any atom is 0.226 e. The van der Waals surface area contributed by atoms with E-state index in [0.717, 1.165) is 34.9 Å². The van der Waals surface area contributed by atoms with Crippen molar-refractivity contribution in [3.63, 3.8) is 0 Å². The van der Waals surface area contributed by atoms with E-state index in [1.807, 2.05) is 53.5 Å². The highest BCUT2D eigenvalue weighted by Gasteiger charge is 2.12. The number of carbonyl (C=O) groups is 1. The molecule has 152 valence electrons. The molecule has 1 aromatic heterocycles. The van der Waals surface area contributed by atoms with Crippen LogP contribution >= 0.6 is 23.1 Å². The Morgan fingerprint density at radius 1 is 1.14 bits per heavy atom. The smallest absolute Gasteiger partial charge is 0.226 e. The van der Waals surface area contributed by atoms with Crippen LogP contribution in [0.1, 0.15) is 18.4 Å². The van der Waals surface area contributed by atoms with Crippen molar-refractivity contribution in [2.24, 2.45) is 0 Å². The molecule has 7 heteroatoms. The first-order valence-electron chi connectivity index (χ1n) is 9.29. The van der Waals surface area contributed by atoms with Crippen molar-refractivity contribution in [1.82, 2.24) is 4.98 Å². The lowest BCUT2D eigenvalue weighted by Crippen LogP contribution is -2.11.